The molecule has 15 heavy (non-hydrogen) atoms. The first-order chi connectivity index (χ1) is 7.22. The van der Waals surface area contributed by atoms with Gasteiger partial charge in [0.2, 0.25) is 0 Å². The van der Waals surface area contributed by atoms with Gasteiger partial charge < -0.3 is 9.64 Å². The number of carbonyl (C=O) groups is 1. The van der Waals surface area contributed by atoms with E-state index in [1.807, 2.05) is 24.3 Å². The maximum Gasteiger partial charge on any atom is 0.325 e. The van der Waals surface area contributed by atoms with Crippen molar-refractivity contribution in [2.24, 2.45) is 0 Å². The zero-order valence-electron chi connectivity index (χ0n) is 8.49. The first-order valence-electron chi connectivity index (χ1n) is 4.71. The molecular formula is C11H12N2O2. The van der Waals surface area contributed by atoms with Gasteiger partial charge in [0.1, 0.15) is 12.4 Å². The fourth-order valence-electron chi connectivity index (χ4n) is 1.70. The summed E-state index contributed by atoms with van der Waals surface area (Å²) in [6, 6.07) is 7.71. The Morgan fingerprint density at radius 2 is 2.27 bits per heavy atom. The average molecular weight is 204 g/mol. The number of hydrogen-bond acceptors (Lipinski definition) is 3. The van der Waals surface area contributed by atoms with Gasteiger partial charge in [-0.15, -0.1) is 0 Å². The average Bonchev–Trinajstić information content (AvgIpc) is 2.57. The van der Waals surface area contributed by atoms with Gasteiger partial charge in [0.05, 0.1) is 7.11 Å². The zero-order valence-corrected chi connectivity index (χ0v) is 8.49. The Morgan fingerprint density at radius 3 is 2.93 bits per heavy atom. The highest BCUT2D eigenvalue weighted by Crippen LogP contribution is 2.21. The van der Waals surface area contributed by atoms with Gasteiger partial charge in [-0.2, -0.15) is 0 Å². The minimum Gasteiger partial charge on any atom is -0.468 e. The number of rotatable bonds is 2. The van der Waals surface area contributed by atoms with Gasteiger partial charge in [0, 0.05) is 12.1 Å². The lowest BCUT2D eigenvalue weighted by Gasteiger charge is -2.15. The molecule has 0 fully saturated rings. The van der Waals surface area contributed by atoms with Gasteiger partial charge in [-0.3, -0.25) is 10.2 Å². The van der Waals surface area contributed by atoms with Crippen molar-refractivity contribution in [1.82, 2.24) is 4.90 Å². The molecule has 0 amide bonds. The summed E-state index contributed by atoms with van der Waals surface area (Å²) in [7, 11) is 1.36. The second kappa shape index (κ2) is 3.73. The van der Waals surface area contributed by atoms with Crippen LogP contribution in [-0.4, -0.2) is 30.4 Å². The topological polar surface area (TPSA) is 53.4 Å². The Kier molecular flexibility index (Phi) is 2.41. The molecule has 0 saturated carbocycles. The Morgan fingerprint density at radius 1 is 1.53 bits per heavy atom. The molecule has 78 valence electrons. The fraction of sp³-hybridized carbons (Fsp3) is 0.273. The lowest BCUT2D eigenvalue weighted by atomic mass is 10.1. The highest BCUT2D eigenvalue weighted by molar-refractivity contribution is 6.01. The van der Waals surface area contributed by atoms with Gasteiger partial charge in [-0.25, -0.2) is 0 Å². The SMILES string of the molecule is COC(=O)CN1Cc2ccccc2C1=N. The first kappa shape index (κ1) is 9.71. The van der Waals surface area contributed by atoms with Gasteiger partial charge >= 0.3 is 5.97 Å². The summed E-state index contributed by atoms with van der Waals surface area (Å²) >= 11 is 0. The molecule has 0 unspecified atom stereocenters. The molecule has 1 N–H and O–H groups in total. The second-order valence-corrected chi connectivity index (χ2v) is 3.44. The highest BCUT2D eigenvalue weighted by Gasteiger charge is 2.25. The minimum absolute atomic E-state index is 0.143. The molecule has 1 aliphatic heterocycles. The van der Waals surface area contributed by atoms with Crippen LogP contribution in [0.15, 0.2) is 24.3 Å². The van der Waals surface area contributed by atoms with Crippen LogP contribution in [-0.2, 0) is 16.1 Å². The molecule has 2 rings (SSSR count). The molecule has 1 heterocycles. The highest BCUT2D eigenvalue weighted by atomic mass is 16.5. The van der Waals surface area contributed by atoms with E-state index in [9.17, 15) is 4.79 Å². The quantitative estimate of drug-likeness (QED) is 0.731. The van der Waals surface area contributed by atoms with Crippen molar-refractivity contribution in [2.45, 2.75) is 6.54 Å². The number of methoxy groups -OCH3 is 1. The number of carbonyl (C=O) groups excluding carboxylic acids is 1. The molecule has 0 aliphatic carbocycles. The predicted octanol–water partition coefficient (Wildman–Crippen LogP) is 1.00. The summed E-state index contributed by atoms with van der Waals surface area (Å²) in [6.45, 7) is 0.758. The second-order valence-electron chi connectivity index (χ2n) is 3.44. The summed E-state index contributed by atoms with van der Waals surface area (Å²) in [5.41, 5.74) is 1.99. The number of fused-ring (bicyclic) bond motifs is 1. The van der Waals surface area contributed by atoms with E-state index in [4.69, 9.17) is 5.41 Å². The molecule has 4 heteroatoms. The standard InChI is InChI=1S/C11H12N2O2/c1-15-10(14)7-13-6-8-4-2-3-5-9(8)11(13)12/h2-5,12H,6-7H2,1H3. The molecular weight excluding hydrogens is 192 g/mol. The Bertz CT molecular complexity index is 415. The van der Waals surface area contributed by atoms with Crippen molar-refractivity contribution >= 4 is 11.8 Å². The third-order valence-electron chi connectivity index (χ3n) is 2.50. The molecule has 0 aromatic heterocycles. The van der Waals surface area contributed by atoms with E-state index in [-0.39, 0.29) is 12.5 Å². The Hall–Kier alpha value is -1.84. The van der Waals surface area contributed by atoms with E-state index >= 15 is 0 Å². The van der Waals surface area contributed by atoms with Crippen molar-refractivity contribution in [3.05, 3.63) is 35.4 Å². The molecule has 0 spiro atoms. The number of nitrogens with one attached hydrogen (secondary N) is 1. The summed E-state index contributed by atoms with van der Waals surface area (Å²) in [6.07, 6.45) is 0. The van der Waals surface area contributed by atoms with E-state index in [0.717, 1.165) is 11.1 Å². The van der Waals surface area contributed by atoms with E-state index in [1.54, 1.807) is 4.90 Å². The van der Waals surface area contributed by atoms with Crippen molar-refractivity contribution in [1.29, 1.82) is 5.41 Å². The van der Waals surface area contributed by atoms with Crippen LogP contribution in [0.1, 0.15) is 11.1 Å². The summed E-state index contributed by atoms with van der Waals surface area (Å²) in [4.78, 5) is 12.8. The molecule has 0 saturated heterocycles. The minimum atomic E-state index is -0.312. The number of esters is 1. The number of ether oxygens (including phenoxy) is 1. The van der Waals surface area contributed by atoms with E-state index in [0.29, 0.717) is 12.4 Å². The van der Waals surface area contributed by atoms with Crippen LogP contribution in [0.2, 0.25) is 0 Å². The van der Waals surface area contributed by atoms with Crippen molar-refractivity contribution in [3.8, 4) is 0 Å². The molecule has 1 aromatic carbocycles. The maximum absolute atomic E-state index is 11.1. The maximum atomic E-state index is 11.1. The van der Waals surface area contributed by atoms with E-state index in [2.05, 4.69) is 4.74 Å². The smallest absolute Gasteiger partial charge is 0.325 e. The molecule has 0 radical (unpaired) electrons. The van der Waals surface area contributed by atoms with Crippen molar-refractivity contribution in [3.63, 3.8) is 0 Å². The lowest BCUT2D eigenvalue weighted by molar-refractivity contribution is -0.141. The monoisotopic (exact) mass is 204 g/mol. The first-order valence-corrected chi connectivity index (χ1v) is 4.71. The number of benzene rings is 1. The van der Waals surface area contributed by atoms with Crippen molar-refractivity contribution in [2.75, 3.05) is 13.7 Å². The normalized spacial score (nSPS) is 13.9. The molecule has 4 nitrogen and oxygen atoms in total. The lowest BCUT2D eigenvalue weighted by Crippen LogP contribution is -2.30. The predicted molar refractivity (Wildman–Crippen MR) is 55.7 cm³/mol. The Labute approximate surface area is 88.0 Å². The Balaban J connectivity index is 2.17. The van der Waals surface area contributed by atoms with Crippen LogP contribution in [0.25, 0.3) is 0 Å². The van der Waals surface area contributed by atoms with Crippen molar-refractivity contribution < 1.29 is 9.53 Å². The van der Waals surface area contributed by atoms with Crippen LogP contribution in [0.4, 0.5) is 0 Å². The number of amidine groups is 1. The third-order valence-corrected chi connectivity index (χ3v) is 2.50. The summed E-state index contributed by atoms with van der Waals surface area (Å²) in [5, 5.41) is 7.87. The van der Waals surface area contributed by atoms with Gasteiger partial charge in [-0.05, 0) is 5.56 Å². The van der Waals surface area contributed by atoms with Crippen LogP contribution >= 0.6 is 0 Å². The van der Waals surface area contributed by atoms with E-state index < -0.39 is 0 Å². The summed E-state index contributed by atoms with van der Waals surface area (Å²) < 4.78 is 4.58. The van der Waals surface area contributed by atoms with Crippen LogP contribution in [0.3, 0.4) is 0 Å². The van der Waals surface area contributed by atoms with Gasteiger partial charge in [-0.1, -0.05) is 24.3 Å². The van der Waals surface area contributed by atoms with Gasteiger partial charge in [0.25, 0.3) is 0 Å². The van der Waals surface area contributed by atoms with Crippen LogP contribution in [0, 0.1) is 5.41 Å². The van der Waals surface area contributed by atoms with E-state index in [1.165, 1.54) is 7.11 Å². The third kappa shape index (κ3) is 1.70. The van der Waals surface area contributed by atoms with Gasteiger partial charge in [0.15, 0.2) is 0 Å². The number of nitrogens with zero attached hydrogens (tertiary/aromatic N) is 1. The molecule has 0 atom stereocenters. The zero-order chi connectivity index (χ0) is 10.8. The largest absolute Gasteiger partial charge is 0.468 e. The summed E-state index contributed by atoms with van der Waals surface area (Å²) in [5.74, 6) is 0.0866. The number of hydrogen-bond donors (Lipinski definition) is 1. The van der Waals surface area contributed by atoms with Crippen LogP contribution in [0.5, 0.6) is 0 Å². The van der Waals surface area contributed by atoms with Crippen LogP contribution < -0.4 is 0 Å². The molecule has 1 aliphatic rings. The fourth-order valence-corrected chi connectivity index (χ4v) is 1.70. The molecule has 1 aromatic rings. The molecule has 0 bridgehead atoms.